The van der Waals surface area contributed by atoms with Crippen molar-refractivity contribution in [3.8, 4) is 0 Å². The van der Waals surface area contributed by atoms with Gasteiger partial charge in [-0.3, -0.25) is 4.79 Å². The number of hydrogen-bond donors (Lipinski definition) is 1. The van der Waals surface area contributed by atoms with Gasteiger partial charge in [-0.15, -0.1) is 0 Å². The van der Waals surface area contributed by atoms with Crippen molar-refractivity contribution in [3.63, 3.8) is 0 Å². The summed E-state index contributed by atoms with van der Waals surface area (Å²) < 4.78 is 0. The van der Waals surface area contributed by atoms with Gasteiger partial charge in [0.2, 0.25) is 0 Å². The van der Waals surface area contributed by atoms with Crippen LogP contribution >= 0.6 is 0 Å². The molecule has 0 spiro atoms. The number of carbonyl (C=O) groups is 1. The van der Waals surface area contributed by atoms with E-state index in [2.05, 4.69) is 11.9 Å². The fraction of sp³-hybridized carbons (Fsp3) is 0.929. The molecule has 0 aromatic carbocycles. The first-order chi connectivity index (χ1) is 8.08. The van der Waals surface area contributed by atoms with E-state index >= 15 is 0 Å². The van der Waals surface area contributed by atoms with E-state index in [0.717, 1.165) is 19.0 Å². The summed E-state index contributed by atoms with van der Waals surface area (Å²) in [6, 6.07) is 0. The lowest BCUT2D eigenvalue weighted by Crippen LogP contribution is -2.28. The van der Waals surface area contributed by atoms with Gasteiger partial charge in [0.1, 0.15) is 0 Å². The van der Waals surface area contributed by atoms with Gasteiger partial charge in [-0.2, -0.15) is 0 Å². The zero-order chi connectivity index (χ0) is 12.7. The predicted octanol–water partition coefficient (Wildman–Crippen LogP) is 3.00. The monoisotopic (exact) mass is 241 g/mol. The van der Waals surface area contributed by atoms with Gasteiger partial charge in [0.25, 0.3) is 0 Å². The minimum atomic E-state index is -0.682. The van der Waals surface area contributed by atoms with Crippen molar-refractivity contribution in [2.45, 2.75) is 51.9 Å². The average Bonchev–Trinajstić information content (AvgIpc) is 2.26. The molecule has 1 fully saturated rings. The Bertz CT molecular complexity index is 224. The topological polar surface area (TPSA) is 40.5 Å². The van der Waals surface area contributed by atoms with E-state index < -0.39 is 5.97 Å². The van der Waals surface area contributed by atoms with Crippen molar-refractivity contribution in [2.24, 2.45) is 11.8 Å². The first-order valence-electron chi connectivity index (χ1n) is 6.98. The second kappa shape index (κ2) is 7.70. The van der Waals surface area contributed by atoms with Crippen molar-refractivity contribution in [3.05, 3.63) is 0 Å². The normalized spacial score (nSPS) is 19.5. The van der Waals surface area contributed by atoms with E-state index in [1.54, 1.807) is 0 Å². The molecule has 0 saturated heterocycles. The summed E-state index contributed by atoms with van der Waals surface area (Å²) in [7, 11) is 2.11. The lowest BCUT2D eigenvalue weighted by Gasteiger charge is -2.25. The van der Waals surface area contributed by atoms with Gasteiger partial charge in [0, 0.05) is 13.0 Å². The van der Waals surface area contributed by atoms with Crippen LogP contribution in [0.15, 0.2) is 0 Å². The third-order valence-electron chi connectivity index (χ3n) is 3.79. The van der Waals surface area contributed by atoms with Crippen LogP contribution < -0.4 is 0 Å². The number of aliphatic carboxylic acids is 1. The number of carboxylic acid groups (broad SMARTS) is 1. The highest BCUT2D eigenvalue weighted by molar-refractivity contribution is 5.66. The van der Waals surface area contributed by atoms with E-state index in [-0.39, 0.29) is 12.3 Å². The molecule has 0 aromatic rings. The summed E-state index contributed by atoms with van der Waals surface area (Å²) in [4.78, 5) is 12.9. The highest BCUT2D eigenvalue weighted by atomic mass is 16.4. The highest BCUT2D eigenvalue weighted by Crippen LogP contribution is 2.26. The Balaban J connectivity index is 2.11. The number of rotatable bonds is 7. The van der Waals surface area contributed by atoms with Crippen molar-refractivity contribution in [1.29, 1.82) is 0 Å². The second-order valence-electron chi connectivity index (χ2n) is 5.76. The molecule has 1 aliphatic carbocycles. The smallest absolute Gasteiger partial charge is 0.303 e. The standard InChI is InChI=1S/C14H27NO2/c1-12(10-14(16)17)11-15(2)9-8-13-6-4-3-5-7-13/h12-13H,3-11H2,1-2H3,(H,16,17). The number of hydrogen-bond acceptors (Lipinski definition) is 2. The van der Waals surface area contributed by atoms with Crippen LogP contribution in [-0.2, 0) is 4.79 Å². The van der Waals surface area contributed by atoms with Crippen LogP contribution in [-0.4, -0.2) is 36.1 Å². The number of nitrogens with zero attached hydrogens (tertiary/aromatic N) is 1. The molecule has 1 rings (SSSR count). The van der Waals surface area contributed by atoms with Gasteiger partial charge < -0.3 is 10.0 Å². The van der Waals surface area contributed by atoms with Crippen LogP contribution in [0.5, 0.6) is 0 Å². The maximum atomic E-state index is 10.6. The van der Waals surface area contributed by atoms with E-state index in [4.69, 9.17) is 5.11 Å². The predicted molar refractivity (Wildman–Crippen MR) is 70.1 cm³/mol. The molecule has 1 unspecified atom stereocenters. The second-order valence-corrected chi connectivity index (χ2v) is 5.76. The SMILES string of the molecule is CC(CC(=O)O)CN(C)CCC1CCCCC1. The number of carboxylic acids is 1. The van der Waals surface area contributed by atoms with Crippen LogP contribution in [0.25, 0.3) is 0 Å². The molecule has 1 atom stereocenters. The van der Waals surface area contributed by atoms with Crippen molar-refractivity contribution >= 4 is 5.97 Å². The quantitative estimate of drug-likeness (QED) is 0.745. The lowest BCUT2D eigenvalue weighted by molar-refractivity contribution is -0.138. The first-order valence-corrected chi connectivity index (χ1v) is 6.98. The molecule has 3 heteroatoms. The summed E-state index contributed by atoms with van der Waals surface area (Å²) in [6.07, 6.45) is 8.61. The Morgan fingerprint density at radius 3 is 2.59 bits per heavy atom. The largest absolute Gasteiger partial charge is 0.481 e. The molecule has 0 heterocycles. The molecular weight excluding hydrogens is 214 g/mol. The Kier molecular flexibility index (Phi) is 6.56. The summed E-state index contributed by atoms with van der Waals surface area (Å²) in [5, 5.41) is 8.71. The van der Waals surface area contributed by atoms with Crippen LogP contribution in [0.4, 0.5) is 0 Å². The summed E-state index contributed by atoms with van der Waals surface area (Å²) in [6.45, 7) is 4.04. The molecule has 3 nitrogen and oxygen atoms in total. The molecule has 0 amide bonds. The third kappa shape index (κ3) is 6.67. The van der Waals surface area contributed by atoms with Crippen LogP contribution in [0, 0.1) is 11.8 Å². The van der Waals surface area contributed by atoms with Crippen LogP contribution in [0.1, 0.15) is 51.9 Å². The maximum Gasteiger partial charge on any atom is 0.303 e. The third-order valence-corrected chi connectivity index (χ3v) is 3.79. The molecule has 0 bridgehead atoms. The molecule has 1 saturated carbocycles. The summed E-state index contributed by atoms with van der Waals surface area (Å²) in [5.41, 5.74) is 0. The summed E-state index contributed by atoms with van der Waals surface area (Å²) >= 11 is 0. The Morgan fingerprint density at radius 2 is 2.00 bits per heavy atom. The molecule has 17 heavy (non-hydrogen) atoms. The molecule has 1 aliphatic rings. The summed E-state index contributed by atoms with van der Waals surface area (Å²) in [5.74, 6) is 0.489. The maximum absolute atomic E-state index is 10.6. The zero-order valence-electron chi connectivity index (χ0n) is 11.3. The van der Waals surface area contributed by atoms with E-state index in [0.29, 0.717) is 0 Å². The van der Waals surface area contributed by atoms with Crippen molar-refractivity contribution < 1.29 is 9.90 Å². The molecule has 1 N–H and O–H groups in total. The Labute approximate surface area is 105 Å². The Morgan fingerprint density at radius 1 is 1.35 bits per heavy atom. The van der Waals surface area contributed by atoms with E-state index in [1.807, 2.05) is 6.92 Å². The van der Waals surface area contributed by atoms with Crippen LogP contribution in [0.3, 0.4) is 0 Å². The fourth-order valence-corrected chi connectivity index (χ4v) is 2.86. The fourth-order valence-electron chi connectivity index (χ4n) is 2.86. The molecule has 100 valence electrons. The van der Waals surface area contributed by atoms with Gasteiger partial charge in [-0.25, -0.2) is 0 Å². The minimum absolute atomic E-state index is 0.254. The average molecular weight is 241 g/mol. The van der Waals surface area contributed by atoms with Gasteiger partial charge in [0.15, 0.2) is 0 Å². The molecule has 0 radical (unpaired) electrons. The van der Waals surface area contributed by atoms with Crippen molar-refractivity contribution in [2.75, 3.05) is 20.1 Å². The minimum Gasteiger partial charge on any atom is -0.481 e. The van der Waals surface area contributed by atoms with Gasteiger partial charge in [0.05, 0.1) is 0 Å². The lowest BCUT2D eigenvalue weighted by atomic mass is 9.87. The molecule has 0 aliphatic heterocycles. The van der Waals surface area contributed by atoms with Gasteiger partial charge in [-0.1, -0.05) is 39.0 Å². The Hall–Kier alpha value is -0.570. The molecular formula is C14H27NO2. The van der Waals surface area contributed by atoms with E-state index in [1.165, 1.54) is 38.5 Å². The zero-order valence-corrected chi connectivity index (χ0v) is 11.3. The highest BCUT2D eigenvalue weighted by Gasteiger charge is 2.15. The molecule has 0 aromatic heterocycles. The first kappa shape index (κ1) is 14.5. The van der Waals surface area contributed by atoms with Crippen LogP contribution in [0.2, 0.25) is 0 Å². The van der Waals surface area contributed by atoms with Crippen molar-refractivity contribution in [1.82, 2.24) is 4.90 Å². The van der Waals surface area contributed by atoms with Gasteiger partial charge in [-0.05, 0) is 31.8 Å². The van der Waals surface area contributed by atoms with Gasteiger partial charge >= 0.3 is 5.97 Å². The van der Waals surface area contributed by atoms with E-state index in [9.17, 15) is 4.79 Å².